The van der Waals surface area contributed by atoms with Crippen molar-refractivity contribution in [2.45, 2.75) is 187 Å². The summed E-state index contributed by atoms with van der Waals surface area (Å²) in [6.45, 7) is 16.6. The molecule has 0 radical (unpaired) electrons. The minimum atomic E-state index is -1.04. The van der Waals surface area contributed by atoms with E-state index in [9.17, 15) is 10.2 Å². The van der Waals surface area contributed by atoms with Gasteiger partial charge in [0.25, 0.3) is 0 Å². The highest BCUT2D eigenvalue weighted by atomic mass is 79.9. The van der Waals surface area contributed by atoms with Crippen LogP contribution in [0, 0.1) is 0 Å². The largest absolute Gasteiger partial charge is 0.387 e. The molecular weight excluding hydrogens is 616 g/mol. The normalized spacial score (nSPS) is 48.9. The van der Waals surface area contributed by atoms with Gasteiger partial charge < -0.3 is 29.2 Å². The molecule has 0 aromatic rings. The Morgan fingerprint density at radius 3 is 1.89 bits per heavy atom. The average Bonchev–Trinajstić information content (AvgIpc) is 3.01. The lowest BCUT2D eigenvalue weighted by Crippen LogP contribution is -2.57. The number of fused-ring (bicyclic) bond motifs is 2. The van der Waals surface area contributed by atoms with Crippen LogP contribution in [0.15, 0.2) is 0 Å². The van der Waals surface area contributed by atoms with E-state index in [0.717, 1.165) is 44.9 Å². The molecule has 38 heavy (non-hydrogen) atoms. The lowest BCUT2D eigenvalue weighted by atomic mass is 9.79. The van der Waals surface area contributed by atoms with E-state index in [1.807, 2.05) is 13.8 Å². The first-order valence-electron chi connectivity index (χ1n) is 14.7. The Kier molecular flexibility index (Phi) is 8.97. The zero-order valence-corrected chi connectivity index (χ0v) is 28.0. The molecule has 4 heterocycles. The molecule has 0 aromatic carbocycles. The van der Waals surface area contributed by atoms with E-state index in [2.05, 4.69) is 73.4 Å². The van der Waals surface area contributed by atoms with E-state index < -0.39 is 22.4 Å². The number of aliphatic hydroxyl groups is 2. The summed E-state index contributed by atoms with van der Waals surface area (Å²) in [5, 5.41) is 22.9. The molecule has 0 unspecified atom stereocenters. The van der Waals surface area contributed by atoms with Gasteiger partial charge in [0, 0.05) is 9.65 Å². The van der Waals surface area contributed by atoms with Crippen LogP contribution in [-0.2, 0) is 18.9 Å². The first-order valence-corrected chi connectivity index (χ1v) is 16.6. The Morgan fingerprint density at radius 1 is 0.711 bits per heavy atom. The van der Waals surface area contributed by atoms with E-state index >= 15 is 0 Å². The predicted octanol–water partition coefficient (Wildman–Crippen LogP) is 6.59. The molecule has 4 rings (SSSR count). The van der Waals surface area contributed by atoms with Crippen LogP contribution in [0.3, 0.4) is 0 Å². The van der Waals surface area contributed by atoms with Crippen molar-refractivity contribution < 1.29 is 29.2 Å². The second-order valence-electron chi connectivity index (χ2n) is 14.6. The molecule has 4 fully saturated rings. The zero-order valence-electron chi connectivity index (χ0n) is 24.8. The number of halogens is 2. The molecule has 0 amide bonds. The summed E-state index contributed by atoms with van der Waals surface area (Å²) in [6.07, 6.45) is 7.08. The zero-order chi connectivity index (χ0) is 28.4. The lowest BCUT2D eigenvalue weighted by molar-refractivity contribution is -0.261. The van der Waals surface area contributed by atoms with Crippen LogP contribution in [0.1, 0.15) is 120 Å². The van der Waals surface area contributed by atoms with E-state index in [1.54, 1.807) is 0 Å². The Labute approximate surface area is 247 Å². The molecule has 0 saturated carbocycles. The summed E-state index contributed by atoms with van der Waals surface area (Å²) >= 11 is 7.60. The summed E-state index contributed by atoms with van der Waals surface area (Å²) in [7, 11) is 0. The van der Waals surface area contributed by atoms with Crippen molar-refractivity contribution in [1.29, 1.82) is 0 Å². The molecule has 0 aromatic heterocycles. The highest BCUT2D eigenvalue weighted by Gasteiger charge is 2.55. The molecule has 8 heteroatoms. The van der Waals surface area contributed by atoms with Gasteiger partial charge in [0.05, 0.1) is 58.0 Å². The van der Waals surface area contributed by atoms with Crippen molar-refractivity contribution >= 4 is 31.9 Å². The Balaban J connectivity index is 1.44. The second-order valence-corrected chi connectivity index (χ2v) is 16.9. The molecule has 2 N–H and O–H groups in total. The van der Waals surface area contributed by atoms with Gasteiger partial charge in [-0.25, -0.2) is 0 Å². The van der Waals surface area contributed by atoms with Gasteiger partial charge in [-0.05, 0) is 120 Å². The van der Waals surface area contributed by atoms with Gasteiger partial charge in [0.15, 0.2) is 0 Å². The maximum Gasteiger partial charge on any atom is 0.0921 e. The molecule has 4 aliphatic rings. The van der Waals surface area contributed by atoms with E-state index in [4.69, 9.17) is 18.9 Å². The molecule has 0 aliphatic carbocycles. The minimum absolute atomic E-state index is 0.00117. The third-order valence-corrected chi connectivity index (χ3v) is 13.4. The first-order chi connectivity index (χ1) is 17.3. The van der Waals surface area contributed by atoms with Gasteiger partial charge in [0.1, 0.15) is 0 Å². The summed E-state index contributed by atoms with van der Waals surface area (Å²) < 4.78 is 26.8. The van der Waals surface area contributed by atoms with Gasteiger partial charge in [-0.2, -0.15) is 0 Å². The maximum atomic E-state index is 11.7. The number of hydrogen-bond donors (Lipinski definition) is 2. The molecule has 0 spiro atoms. The quantitative estimate of drug-likeness (QED) is 0.330. The number of hydrogen-bond acceptors (Lipinski definition) is 6. The molecule has 222 valence electrons. The second kappa shape index (κ2) is 10.8. The first kappa shape index (κ1) is 31.7. The van der Waals surface area contributed by atoms with E-state index in [0.29, 0.717) is 24.1 Å². The third kappa shape index (κ3) is 6.38. The Bertz CT molecular complexity index is 847. The SMILES string of the molecule is CC1(C)O[C@@H](CC[C@@](C)(O)[C@@H]2CC[C@H]3O[C@@]4(C)CC[C@@H](Br)C(C)(C)O[C@@H]4CC[C@]3(C)O2)[C@](C)(O)CC[C@H]1Br. The van der Waals surface area contributed by atoms with Crippen molar-refractivity contribution in [3.05, 3.63) is 0 Å². The van der Waals surface area contributed by atoms with Crippen LogP contribution < -0.4 is 0 Å². The molecule has 4 saturated heterocycles. The van der Waals surface area contributed by atoms with Gasteiger partial charge in [-0.3, -0.25) is 0 Å². The van der Waals surface area contributed by atoms with E-state index in [-0.39, 0.29) is 40.4 Å². The fourth-order valence-electron chi connectivity index (χ4n) is 7.09. The monoisotopic (exact) mass is 666 g/mol. The summed E-state index contributed by atoms with van der Waals surface area (Å²) in [4.78, 5) is 0.464. The number of rotatable bonds is 4. The highest BCUT2D eigenvalue weighted by molar-refractivity contribution is 9.09. The number of ether oxygens (including phenoxy) is 4. The third-order valence-electron chi connectivity index (χ3n) is 10.3. The smallest absolute Gasteiger partial charge is 0.0921 e. The van der Waals surface area contributed by atoms with Crippen LogP contribution >= 0.6 is 31.9 Å². The lowest BCUT2D eigenvalue weighted by Gasteiger charge is -2.49. The highest BCUT2D eigenvalue weighted by Crippen LogP contribution is 2.49. The predicted molar refractivity (Wildman–Crippen MR) is 157 cm³/mol. The standard InChI is InChI=1S/C30H52Br2O6/c1-25(2)19(31)11-15-27(5,33)22(35-25)13-16-28(6,34)21-9-10-23-30(8,37-21)18-14-24-29(7,38-23)17-12-20(32)26(3,4)36-24/h19-24,33-34H,9-18H2,1-8H3/t19-,20-,21+,22+,23-,24-,27-,28-,29+,30+/m1/s1. The van der Waals surface area contributed by atoms with Crippen molar-refractivity contribution in [3.8, 4) is 0 Å². The maximum absolute atomic E-state index is 11.7. The average molecular weight is 669 g/mol. The molecule has 10 atom stereocenters. The molecule has 0 bridgehead atoms. The van der Waals surface area contributed by atoms with Crippen molar-refractivity contribution in [3.63, 3.8) is 0 Å². The van der Waals surface area contributed by atoms with Crippen LogP contribution in [0.4, 0.5) is 0 Å². The van der Waals surface area contributed by atoms with Crippen molar-refractivity contribution in [1.82, 2.24) is 0 Å². The van der Waals surface area contributed by atoms with Gasteiger partial charge in [0.2, 0.25) is 0 Å². The van der Waals surface area contributed by atoms with Crippen LogP contribution in [-0.4, -0.2) is 77.9 Å². The molecule has 4 aliphatic heterocycles. The summed E-state index contributed by atoms with van der Waals surface area (Å²) in [5.74, 6) is 0. The minimum Gasteiger partial charge on any atom is -0.387 e. The van der Waals surface area contributed by atoms with Crippen LogP contribution in [0.2, 0.25) is 0 Å². The Morgan fingerprint density at radius 2 is 1.24 bits per heavy atom. The topological polar surface area (TPSA) is 77.4 Å². The number of alkyl halides is 2. The summed E-state index contributed by atoms with van der Waals surface area (Å²) in [5.41, 5.74) is -3.49. The van der Waals surface area contributed by atoms with Gasteiger partial charge >= 0.3 is 0 Å². The summed E-state index contributed by atoms with van der Waals surface area (Å²) in [6, 6.07) is 0. The fourth-order valence-corrected chi connectivity index (χ4v) is 7.76. The van der Waals surface area contributed by atoms with Crippen molar-refractivity contribution in [2.24, 2.45) is 0 Å². The molecule has 6 nitrogen and oxygen atoms in total. The molecular formula is C30H52Br2O6. The van der Waals surface area contributed by atoms with Gasteiger partial charge in [-0.15, -0.1) is 0 Å². The van der Waals surface area contributed by atoms with Gasteiger partial charge in [-0.1, -0.05) is 31.9 Å². The fraction of sp³-hybridized carbons (Fsp3) is 1.00. The van der Waals surface area contributed by atoms with Crippen molar-refractivity contribution in [2.75, 3.05) is 0 Å². The Hall–Kier alpha value is 0.720. The van der Waals surface area contributed by atoms with E-state index in [1.165, 1.54) is 0 Å². The van der Waals surface area contributed by atoms with Crippen LogP contribution in [0.5, 0.6) is 0 Å². The van der Waals surface area contributed by atoms with Crippen LogP contribution in [0.25, 0.3) is 0 Å².